The van der Waals surface area contributed by atoms with Gasteiger partial charge in [-0.3, -0.25) is 10.1 Å². The van der Waals surface area contributed by atoms with E-state index in [9.17, 15) is 10.1 Å². The van der Waals surface area contributed by atoms with Gasteiger partial charge in [0.1, 0.15) is 11.5 Å². The van der Waals surface area contributed by atoms with Gasteiger partial charge in [0.05, 0.1) is 10.8 Å². The van der Waals surface area contributed by atoms with Gasteiger partial charge < -0.3 is 4.52 Å². The van der Waals surface area contributed by atoms with Crippen molar-refractivity contribution in [2.75, 3.05) is 0 Å². The number of nitro benzene ring substituents is 1. The Bertz CT molecular complexity index is 656. The highest BCUT2D eigenvalue weighted by atomic mass is 16.6. The fourth-order valence-corrected chi connectivity index (χ4v) is 1.96. The number of hydrogen-bond acceptors (Lipinski definition) is 4. The van der Waals surface area contributed by atoms with Crippen molar-refractivity contribution in [3.63, 3.8) is 0 Å². The van der Waals surface area contributed by atoms with Gasteiger partial charge in [0, 0.05) is 23.8 Å². The molecule has 1 heterocycles. The van der Waals surface area contributed by atoms with Crippen molar-refractivity contribution in [1.29, 1.82) is 0 Å². The first kappa shape index (κ1) is 11.4. The largest absolute Gasteiger partial charge is 0.360 e. The van der Waals surface area contributed by atoms with E-state index in [0.717, 1.165) is 11.3 Å². The molecule has 2 aromatic rings. The van der Waals surface area contributed by atoms with E-state index in [1.54, 1.807) is 12.1 Å². The minimum atomic E-state index is -0.424. The summed E-state index contributed by atoms with van der Waals surface area (Å²) in [6, 6.07) is 8.10. The molecular formula is C14H10N2O3. The van der Waals surface area contributed by atoms with Gasteiger partial charge >= 0.3 is 0 Å². The molecule has 0 amide bonds. The van der Waals surface area contributed by atoms with Gasteiger partial charge in [0.15, 0.2) is 0 Å². The number of allylic oxidation sites excluding steroid dienone is 4. The van der Waals surface area contributed by atoms with E-state index in [0.29, 0.717) is 5.69 Å². The maximum absolute atomic E-state index is 10.6. The molecule has 19 heavy (non-hydrogen) atoms. The molecule has 0 unspecified atom stereocenters. The first-order valence-corrected chi connectivity index (χ1v) is 5.80. The maximum Gasteiger partial charge on any atom is 0.269 e. The molecule has 1 aliphatic carbocycles. The van der Waals surface area contributed by atoms with E-state index in [1.165, 1.54) is 12.1 Å². The molecule has 3 rings (SSSR count). The molecule has 0 saturated carbocycles. The summed E-state index contributed by atoms with van der Waals surface area (Å²) in [6.07, 6.45) is 7.94. The van der Waals surface area contributed by atoms with E-state index in [-0.39, 0.29) is 11.6 Å². The van der Waals surface area contributed by atoms with Crippen LogP contribution in [-0.4, -0.2) is 10.1 Å². The molecule has 0 spiro atoms. The molecule has 0 atom stereocenters. The van der Waals surface area contributed by atoms with Crippen molar-refractivity contribution in [3.8, 4) is 11.3 Å². The minimum Gasteiger partial charge on any atom is -0.360 e. The normalized spacial score (nSPS) is 14.1. The van der Waals surface area contributed by atoms with E-state index in [4.69, 9.17) is 4.52 Å². The Morgan fingerprint density at radius 1 is 1.16 bits per heavy atom. The summed E-state index contributed by atoms with van der Waals surface area (Å²) < 4.78 is 5.29. The van der Waals surface area contributed by atoms with E-state index < -0.39 is 4.92 Å². The molecule has 1 aromatic heterocycles. The smallest absolute Gasteiger partial charge is 0.269 e. The second-order valence-electron chi connectivity index (χ2n) is 4.21. The number of nitro groups is 1. The average molecular weight is 254 g/mol. The van der Waals surface area contributed by atoms with Gasteiger partial charge in [-0.05, 0) is 12.1 Å². The lowest BCUT2D eigenvalue weighted by Crippen LogP contribution is -1.87. The zero-order valence-corrected chi connectivity index (χ0v) is 9.89. The SMILES string of the molecule is O=[N+]([O-])c1ccc(-c2cc(C3C=CC=C3)on2)cc1. The van der Waals surface area contributed by atoms with Gasteiger partial charge in [0.25, 0.3) is 5.69 Å². The summed E-state index contributed by atoms with van der Waals surface area (Å²) in [4.78, 5) is 10.2. The average Bonchev–Trinajstić information content (AvgIpc) is 3.10. The maximum atomic E-state index is 10.6. The molecule has 0 aliphatic heterocycles. The fraction of sp³-hybridized carbons (Fsp3) is 0.0714. The quantitative estimate of drug-likeness (QED) is 0.621. The Morgan fingerprint density at radius 3 is 2.47 bits per heavy atom. The summed E-state index contributed by atoms with van der Waals surface area (Å²) in [5.41, 5.74) is 1.54. The summed E-state index contributed by atoms with van der Waals surface area (Å²) >= 11 is 0. The number of non-ortho nitro benzene ring substituents is 1. The number of hydrogen-bond donors (Lipinski definition) is 0. The molecule has 1 aromatic carbocycles. The van der Waals surface area contributed by atoms with Crippen LogP contribution < -0.4 is 0 Å². The number of aromatic nitrogens is 1. The van der Waals surface area contributed by atoms with Crippen molar-refractivity contribution in [3.05, 3.63) is 70.5 Å². The predicted molar refractivity (Wildman–Crippen MR) is 69.6 cm³/mol. The van der Waals surface area contributed by atoms with Gasteiger partial charge in [-0.1, -0.05) is 29.5 Å². The first-order chi connectivity index (χ1) is 9.24. The zero-order valence-electron chi connectivity index (χ0n) is 9.89. The second kappa shape index (κ2) is 4.53. The summed E-state index contributed by atoms with van der Waals surface area (Å²) in [6.45, 7) is 0. The summed E-state index contributed by atoms with van der Waals surface area (Å²) in [5, 5.41) is 14.6. The topological polar surface area (TPSA) is 69.2 Å². The third-order valence-corrected chi connectivity index (χ3v) is 2.98. The Kier molecular flexibility index (Phi) is 2.72. The number of benzene rings is 1. The van der Waals surface area contributed by atoms with Crippen LogP contribution in [0.3, 0.4) is 0 Å². The van der Waals surface area contributed by atoms with Crippen LogP contribution in [0.1, 0.15) is 11.7 Å². The van der Waals surface area contributed by atoms with Crippen LogP contribution in [0.4, 0.5) is 5.69 Å². The highest BCUT2D eigenvalue weighted by molar-refractivity contribution is 5.61. The lowest BCUT2D eigenvalue weighted by Gasteiger charge is -1.96. The van der Waals surface area contributed by atoms with Crippen LogP contribution in [0, 0.1) is 10.1 Å². The van der Waals surface area contributed by atoms with Gasteiger partial charge in [-0.25, -0.2) is 0 Å². The first-order valence-electron chi connectivity index (χ1n) is 5.80. The monoisotopic (exact) mass is 254 g/mol. The Hall–Kier alpha value is -2.69. The molecule has 5 heteroatoms. The highest BCUT2D eigenvalue weighted by Crippen LogP contribution is 2.28. The fourth-order valence-electron chi connectivity index (χ4n) is 1.96. The second-order valence-corrected chi connectivity index (χ2v) is 4.21. The van der Waals surface area contributed by atoms with Crippen molar-refractivity contribution in [1.82, 2.24) is 5.16 Å². The van der Waals surface area contributed by atoms with Crippen LogP contribution in [0.15, 0.2) is 59.2 Å². The van der Waals surface area contributed by atoms with Crippen molar-refractivity contribution in [2.45, 2.75) is 5.92 Å². The number of nitrogens with zero attached hydrogens (tertiary/aromatic N) is 2. The highest BCUT2D eigenvalue weighted by Gasteiger charge is 2.15. The molecule has 94 valence electrons. The van der Waals surface area contributed by atoms with E-state index in [1.807, 2.05) is 30.4 Å². The van der Waals surface area contributed by atoms with Crippen molar-refractivity contribution >= 4 is 5.69 Å². The van der Waals surface area contributed by atoms with Crippen molar-refractivity contribution in [2.24, 2.45) is 0 Å². The molecule has 1 aliphatic rings. The molecule has 0 radical (unpaired) electrons. The van der Waals surface area contributed by atoms with Gasteiger partial charge in [-0.15, -0.1) is 0 Å². The van der Waals surface area contributed by atoms with Crippen LogP contribution in [0.2, 0.25) is 0 Å². The minimum absolute atomic E-state index is 0.0640. The van der Waals surface area contributed by atoms with Crippen LogP contribution in [0.25, 0.3) is 11.3 Å². The third-order valence-electron chi connectivity index (χ3n) is 2.98. The van der Waals surface area contributed by atoms with Gasteiger partial charge in [0.2, 0.25) is 0 Å². The van der Waals surface area contributed by atoms with Crippen LogP contribution in [0.5, 0.6) is 0 Å². The van der Waals surface area contributed by atoms with Crippen molar-refractivity contribution < 1.29 is 9.45 Å². The predicted octanol–water partition coefficient (Wildman–Crippen LogP) is 3.46. The molecule has 0 saturated heterocycles. The molecular weight excluding hydrogens is 244 g/mol. The van der Waals surface area contributed by atoms with Gasteiger partial charge in [-0.2, -0.15) is 0 Å². The lowest BCUT2D eigenvalue weighted by atomic mass is 10.1. The molecule has 0 N–H and O–H groups in total. The zero-order chi connectivity index (χ0) is 13.2. The standard InChI is InChI=1S/C14H10N2O3/c17-16(18)12-7-5-10(6-8-12)13-9-14(19-15-13)11-3-1-2-4-11/h1-9,11H. The number of rotatable bonds is 3. The Labute approximate surface area is 109 Å². The van der Waals surface area contributed by atoms with E-state index in [2.05, 4.69) is 5.16 Å². The summed E-state index contributed by atoms with van der Waals surface area (Å²) in [7, 11) is 0. The Morgan fingerprint density at radius 2 is 1.84 bits per heavy atom. The lowest BCUT2D eigenvalue weighted by molar-refractivity contribution is -0.384. The molecule has 0 fully saturated rings. The van der Waals surface area contributed by atoms with Crippen LogP contribution in [-0.2, 0) is 0 Å². The molecule has 0 bridgehead atoms. The van der Waals surface area contributed by atoms with Crippen LogP contribution >= 0.6 is 0 Å². The third kappa shape index (κ3) is 2.18. The summed E-state index contributed by atoms with van der Waals surface area (Å²) in [5.74, 6) is 0.887. The Balaban J connectivity index is 1.88. The molecule has 5 nitrogen and oxygen atoms in total. The van der Waals surface area contributed by atoms with E-state index >= 15 is 0 Å².